The fourth-order valence-corrected chi connectivity index (χ4v) is 3.16. The topological polar surface area (TPSA) is 78.9 Å². The van der Waals surface area contributed by atoms with E-state index in [2.05, 4.69) is 5.32 Å². The van der Waals surface area contributed by atoms with Gasteiger partial charge >= 0.3 is 12.1 Å². The molecule has 0 saturated carbocycles. The van der Waals surface area contributed by atoms with Gasteiger partial charge in [0.05, 0.1) is 16.0 Å². The molecule has 1 aliphatic heterocycles. The minimum Gasteiger partial charge on any atom is -0.481 e. The Labute approximate surface area is 175 Å². The molecule has 2 atom stereocenters. The van der Waals surface area contributed by atoms with Gasteiger partial charge in [0.25, 0.3) is 0 Å². The lowest BCUT2D eigenvalue weighted by atomic mass is 9.92. The second kappa shape index (κ2) is 9.82. The maximum absolute atomic E-state index is 12.2. The molecule has 9 heteroatoms. The number of rotatable bonds is 4. The Morgan fingerprint density at radius 1 is 1.30 bits per heavy atom. The summed E-state index contributed by atoms with van der Waals surface area (Å²) in [5.74, 6) is -1.65. The summed E-state index contributed by atoms with van der Waals surface area (Å²) < 4.78 is 5.34. The van der Waals surface area contributed by atoms with Gasteiger partial charge in [0.15, 0.2) is 0 Å². The van der Waals surface area contributed by atoms with E-state index in [-0.39, 0.29) is 25.0 Å². The summed E-state index contributed by atoms with van der Waals surface area (Å²) in [7, 11) is 0. The van der Waals surface area contributed by atoms with Gasteiger partial charge in [-0.05, 0) is 44.9 Å². The van der Waals surface area contributed by atoms with Crippen molar-refractivity contribution in [2.24, 2.45) is 5.92 Å². The lowest BCUT2D eigenvalue weighted by molar-refractivity contribution is -0.144. The number of halogens is 3. The van der Waals surface area contributed by atoms with E-state index >= 15 is 0 Å². The number of nitrogens with zero attached hydrogens (tertiary/aromatic N) is 1. The number of piperidine rings is 1. The van der Waals surface area contributed by atoms with Gasteiger partial charge < -0.3 is 20.1 Å². The monoisotopic (exact) mass is 438 g/mol. The van der Waals surface area contributed by atoms with Crippen LogP contribution in [-0.2, 0) is 16.1 Å². The van der Waals surface area contributed by atoms with Gasteiger partial charge in [-0.3, -0.25) is 4.79 Å². The Bertz CT molecular complexity index is 679. The molecule has 1 aliphatic rings. The standard InChI is InChI=1S/C18H24Cl2N2O4.ClH/c1-18(2,3)26-17(25)22-7-6-15(12(10-22)16(23)24)21-9-11-4-5-13(19)14(20)8-11;/h4-5,8,12,15,21H,6-7,9-10H2,1-3H3,(H,23,24);1H. The molecule has 6 nitrogen and oxygen atoms in total. The van der Waals surface area contributed by atoms with Crippen LogP contribution in [0, 0.1) is 5.92 Å². The minimum atomic E-state index is -0.940. The second-order valence-corrected chi connectivity index (χ2v) is 8.21. The fraction of sp³-hybridized carbons (Fsp3) is 0.556. The van der Waals surface area contributed by atoms with Crippen molar-refractivity contribution in [1.29, 1.82) is 0 Å². The molecule has 0 radical (unpaired) electrons. The van der Waals surface area contributed by atoms with Crippen LogP contribution in [0.4, 0.5) is 4.79 Å². The van der Waals surface area contributed by atoms with E-state index in [4.69, 9.17) is 27.9 Å². The maximum Gasteiger partial charge on any atom is 0.410 e. The molecule has 1 saturated heterocycles. The van der Waals surface area contributed by atoms with Gasteiger partial charge in [0.2, 0.25) is 0 Å². The summed E-state index contributed by atoms with van der Waals surface area (Å²) in [5, 5.41) is 13.8. The number of benzene rings is 1. The van der Waals surface area contributed by atoms with Crippen molar-refractivity contribution in [2.45, 2.75) is 45.4 Å². The number of ether oxygens (including phenoxy) is 1. The summed E-state index contributed by atoms with van der Waals surface area (Å²) >= 11 is 11.9. The van der Waals surface area contributed by atoms with Crippen molar-refractivity contribution in [3.63, 3.8) is 0 Å². The van der Waals surface area contributed by atoms with Crippen LogP contribution in [0.15, 0.2) is 18.2 Å². The number of aliphatic carboxylic acids is 1. The zero-order valence-corrected chi connectivity index (χ0v) is 17.8. The summed E-state index contributed by atoms with van der Waals surface area (Å²) in [6, 6.07) is 5.05. The smallest absolute Gasteiger partial charge is 0.410 e. The van der Waals surface area contributed by atoms with E-state index < -0.39 is 23.6 Å². The number of carboxylic acid groups (broad SMARTS) is 1. The van der Waals surface area contributed by atoms with Crippen LogP contribution in [-0.4, -0.2) is 46.8 Å². The highest BCUT2D eigenvalue weighted by Gasteiger charge is 2.37. The maximum atomic E-state index is 12.2. The third-order valence-corrected chi connectivity index (χ3v) is 4.87. The van der Waals surface area contributed by atoms with E-state index in [1.54, 1.807) is 32.9 Å². The van der Waals surface area contributed by atoms with Crippen LogP contribution < -0.4 is 5.32 Å². The van der Waals surface area contributed by atoms with E-state index in [1.165, 1.54) is 4.90 Å². The summed E-state index contributed by atoms with van der Waals surface area (Å²) in [6.07, 6.45) is 0.0454. The lowest BCUT2D eigenvalue weighted by Crippen LogP contribution is -2.54. The fourth-order valence-electron chi connectivity index (χ4n) is 2.84. The van der Waals surface area contributed by atoms with Crippen molar-refractivity contribution in [3.8, 4) is 0 Å². The summed E-state index contributed by atoms with van der Waals surface area (Å²) in [6.45, 7) is 6.38. The van der Waals surface area contributed by atoms with Crippen LogP contribution in [0.25, 0.3) is 0 Å². The normalized spacial score (nSPS) is 20.0. The quantitative estimate of drug-likeness (QED) is 0.734. The van der Waals surface area contributed by atoms with E-state index in [9.17, 15) is 14.7 Å². The molecule has 152 valence electrons. The second-order valence-electron chi connectivity index (χ2n) is 7.40. The molecule has 2 rings (SSSR count). The molecule has 1 amide bonds. The zero-order chi connectivity index (χ0) is 19.5. The van der Waals surface area contributed by atoms with Crippen LogP contribution >= 0.6 is 35.6 Å². The van der Waals surface area contributed by atoms with Gasteiger partial charge in [-0.1, -0.05) is 29.3 Å². The van der Waals surface area contributed by atoms with Gasteiger partial charge in [0, 0.05) is 25.7 Å². The average Bonchev–Trinajstić information content (AvgIpc) is 2.54. The summed E-state index contributed by atoms with van der Waals surface area (Å²) in [5.41, 5.74) is 0.303. The number of likely N-dealkylation sites (tertiary alicyclic amines) is 1. The first-order valence-corrected chi connectivity index (χ1v) is 9.20. The Balaban J connectivity index is 0.00000364. The molecule has 0 aromatic heterocycles. The molecular formula is C18H25Cl3N2O4. The van der Waals surface area contributed by atoms with E-state index in [0.717, 1.165) is 5.56 Å². The predicted molar refractivity (Wildman–Crippen MR) is 108 cm³/mol. The van der Waals surface area contributed by atoms with Crippen LogP contribution in [0.3, 0.4) is 0 Å². The lowest BCUT2D eigenvalue weighted by Gasteiger charge is -2.37. The number of carboxylic acids is 1. The highest BCUT2D eigenvalue weighted by molar-refractivity contribution is 6.42. The van der Waals surface area contributed by atoms with Crippen molar-refractivity contribution < 1.29 is 19.4 Å². The highest BCUT2D eigenvalue weighted by atomic mass is 35.5. The molecule has 1 fully saturated rings. The first-order chi connectivity index (χ1) is 12.1. The number of carbonyl (C=O) groups excluding carboxylic acids is 1. The predicted octanol–water partition coefficient (Wildman–Crippen LogP) is 4.22. The Morgan fingerprint density at radius 2 is 1.96 bits per heavy atom. The largest absolute Gasteiger partial charge is 0.481 e. The molecule has 1 heterocycles. The first kappa shape index (κ1) is 23.8. The van der Waals surface area contributed by atoms with Crippen molar-refractivity contribution in [3.05, 3.63) is 33.8 Å². The molecule has 1 aromatic carbocycles. The van der Waals surface area contributed by atoms with E-state index in [1.807, 2.05) is 6.07 Å². The molecule has 1 aromatic rings. The van der Waals surface area contributed by atoms with Crippen molar-refractivity contribution >= 4 is 47.7 Å². The van der Waals surface area contributed by atoms with Gasteiger partial charge in [-0.15, -0.1) is 12.4 Å². The molecular weight excluding hydrogens is 415 g/mol. The third-order valence-electron chi connectivity index (χ3n) is 4.13. The molecule has 0 bridgehead atoms. The van der Waals surface area contributed by atoms with Gasteiger partial charge in [0.1, 0.15) is 5.60 Å². The molecule has 27 heavy (non-hydrogen) atoms. The summed E-state index contributed by atoms with van der Waals surface area (Å²) in [4.78, 5) is 25.3. The number of carbonyl (C=O) groups is 2. The average molecular weight is 440 g/mol. The Morgan fingerprint density at radius 3 is 2.52 bits per heavy atom. The SMILES string of the molecule is CC(C)(C)OC(=O)N1CCC(NCc2ccc(Cl)c(Cl)c2)C(C(=O)O)C1.Cl. The molecule has 0 aliphatic carbocycles. The zero-order valence-electron chi connectivity index (χ0n) is 15.5. The number of hydrogen-bond acceptors (Lipinski definition) is 4. The van der Waals surface area contributed by atoms with E-state index in [0.29, 0.717) is 29.6 Å². The molecule has 2 N–H and O–H groups in total. The first-order valence-electron chi connectivity index (χ1n) is 8.45. The molecule has 2 unspecified atom stereocenters. The van der Waals surface area contributed by atoms with Crippen LogP contribution in [0.5, 0.6) is 0 Å². The number of hydrogen-bond donors (Lipinski definition) is 2. The van der Waals surface area contributed by atoms with Gasteiger partial charge in [-0.25, -0.2) is 4.79 Å². The van der Waals surface area contributed by atoms with Gasteiger partial charge in [-0.2, -0.15) is 0 Å². The number of amides is 1. The molecule has 0 spiro atoms. The third kappa shape index (κ3) is 7.03. The number of nitrogens with one attached hydrogen (secondary N) is 1. The highest BCUT2D eigenvalue weighted by Crippen LogP contribution is 2.24. The van der Waals surface area contributed by atoms with Crippen LogP contribution in [0.1, 0.15) is 32.8 Å². The Hall–Kier alpha value is -1.21. The van der Waals surface area contributed by atoms with Crippen molar-refractivity contribution in [2.75, 3.05) is 13.1 Å². The van der Waals surface area contributed by atoms with Crippen LogP contribution in [0.2, 0.25) is 10.0 Å². The Kier molecular flexibility index (Phi) is 8.67. The van der Waals surface area contributed by atoms with Crippen molar-refractivity contribution in [1.82, 2.24) is 10.2 Å². The minimum absolute atomic E-state index is 0.